The van der Waals surface area contributed by atoms with E-state index in [4.69, 9.17) is 18.9 Å². The monoisotopic (exact) mass is 1060 g/mol. The van der Waals surface area contributed by atoms with E-state index in [9.17, 15) is 33.9 Å². The van der Waals surface area contributed by atoms with Crippen LogP contribution in [-0.4, -0.2) is 111 Å². The van der Waals surface area contributed by atoms with Gasteiger partial charge in [-0.15, -0.1) is 0 Å². The summed E-state index contributed by atoms with van der Waals surface area (Å²) in [6.45, 7) is 0.786. The van der Waals surface area contributed by atoms with E-state index in [2.05, 4.69) is 46.9 Å². The smallest absolute Gasteiger partial charge is 0.413 e. The number of carboxylic acid groups (broad SMARTS) is 1. The maximum Gasteiger partial charge on any atom is 0.413 e. The van der Waals surface area contributed by atoms with Crippen molar-refractivity contribution in [2.24, 2.45) is 0 Å². The van der Waals surface area contributed by atoms with Crippen molar-refractivity contribution in [3.63, 3.8) is 0 Å². The zero-order valence-electron chi connectivity index (χ0n) is 42.7. The van der Waals surface area contributed by atoms with Crippen LogP contribution >= 0.6 is 0 Å². The van der Waals surface area contributed by atoms with Gasteiger partial charge in [0.2, 0.25) is 11.9 Å². The number of ether oxygens (including phenoxy) is 4. The van der Waals surface area contributed by atoms with Crippen molar-refractivity contribution in [1.82, 2.24) is 45.7 Å². The minimum Gasteiger partial charge on any atom is -0.480 e. The molecule has 22 nitrogen and oxygen atoms in total. The molecular weight excluding hydrogens is 1000 g/mol. The van der Waals surface area contributed by atoms with E-state index < -0.39 is 55.1 Å². The molecule has 0 atom stereocenters. The second-order valence-corrected chi connectivity index (χ2v) is 18.1. The Morgan fingerprint density at radius 1 is 0.628 bits per heavy atom. The number of amides is 5. The first-order valence-corrected chi connectivity index (χ1v) is 25.2. The third-order valence-electron chi connectivity index (χ3n) is 12.4. The number of hydrogen-bond acceptors (Lipinski definition) is 15. The van der Waals surface area contributed by atoms with Gasteiger partial charge in [-0.05, 0) is 65.3 Å². The lowest BCUT2D eigenvalue weighted by molar-refractivity contribution is -0.144. The number of hydrogen-bond donors (Lipinski definition) is 7. The van der Waals surface area contributed by atoms with Crippen LogP contribution in [0.2, 0.25) is 0 Å². The Morgan fingerprint density at radius 3 is 1.72 bits per heavy atom. The molecule has 1 aliphatic rings. The van der Waals surface area contributed by atoms with Crippen molar-refractivity contribution in [1.29, 1.82) is 0 Å². The minimum atomic E-state index is -1.51. The number of fused-ring (bicyclic) bond motifs is 4. The summed E-state index contributed by atoms with van der Waals surface area (Å²) in [6, 6.07) is 43.2. The number of imidazole rings is 1. The van der Waals surface area contributed by atoms with Crippen molar-refractivity contribution < 1.29 is 52.8 Å². The summed E-state index contributed by atoms with van der Waals surface area (Å²) < 4.78 is 23.3. The van der Waals surface area contributed by atoms with E-state index in [0.717, 1.165) is 43.8 Å². The molecule has 0 saturated heterocycles. The van der Waals surface area contributed by atoms with Crippen molar-refractivity contribution in [2.45, 2.75) is 57.8 Å². The summed E-state index contributed by atoms with van der Waals surface area (Å²) in [5.74, 6) is -3.56. The predicted molar refractivity (Wildman–Crippen MR) is 287 cm³/mol. The topological polar surface area (TPSA) is 279 Å². The van der Waals surface area contributed by atoms with Crippen molar-refractivity contribution in [3.05, 3.63) is 174 Å². The number of carbonyl (C=O) groups excluding carboxylic acids is 5. The number of carboxylic acids is 1. The van der Waals surface area contributed by atoms with Gasteiger partial charge in [0.25, 0.3) is 0 Å². The van der Waals surface area contributed by atoms with E-state index in [-0.39, 0.29) is 81.5 Å². The number of aliphatic carboxylic acids is 1. The molecule has 5 amide bonds. The van der Waals surface area contributed by atoms with Gasteiger partial charge in [0.05, 0.1) is 6.33 Å². The van der Waals surface area contributed by atoms with Gasteiger partial charge in [0.15, 0.2) is 22.8 Å². The summed E-state index contributed by atoms with van der Waals surface area (Å²) >= 11 is 0. The average molecular weight is 1060 g/mol. The molecule has 0 saturated carbocycles. The molecule has 0 radical (unpaired) electrons. The van der Waals surface area contributed by atoms with Crippen LogP contribution in [0.5, 0.6) is 0 Å². The molecule has 7 aromatic rings. The highest BCUT2D eigenvalue weighted by atomic mass is 16.6. The zero-order chi connectivity index (χ0) is 54.7. The number of nitrogens with one attached hydrogen (secondary N) is 6. The molecule has 8 rings (SSSR count). The number of benzene rings is 5. The van der Waals surface area contributed by atoms with Crippen LogP contribution < -0.4 is 31.9 Å². The number of alkyl carbamates (subject to hydrolysis) is 3. The van der Waals surface area contributed by atoms with Gasteiger partial charge in [0.1, 0.15) is 39.5 Å². The van der Waals surface area contributed by atoms with Crippen molar-refractivity contribution >= 4 is 59.2 Å². The van der Waals surface area contributed by atoms with E-state index >= 15 is 0 Å². The lowest BCUT2D eigenvalue weighted by Gasteiger charge is -2.32. The Hall–Kier alpha value is -9.57. The highest BCUT2D eigenvalue weighted by Gasteiger charge is 2.31. The first-order chi connectivity index (χ1) is 37.9. The molecule has 1 aliphatic carbocycles. The first-order valence-electron chi connectivity index (χ1n) is 25.2. The third kappa shape index (κ3) is 15.5. The van der Waals surface area contributed by atoms with Gasteiger partial charge in [0, 0.05) is 25.6 Å². The molecule has 0 fully saturated rings. The highest BCUT2D eigenvalue weighted by Crippen LogP contribution is 2.44. The maximum atomic E-state index is 13.9. The van der Waals surface area contributed by atoms with Crippen molar-refractivity contribution in [3.8, 4) is 11.1 Å². The largest absolute Gasteiger partial charge is 0.480 e. The average Bonchev–Trinajstić information content (AvgIpc) is 4.12. The molecule has 78 heavy (non-hydrogen) atoms. The van der Waals surface area contributed by atoms with Crippen molar-refractivity contribution in [2.75, 3.05) is 50.0 Å². The quantitative estimate of drug-likeness (QED) is 0.0168. The van der Waals surface area contributed by atoms with E-state index in [1.807, 2.05) is 127 Å². The second-order valence-electron chi connectivity index (χ2n) is 18.1. The summed E-state index contributed by atoms with van der Waals surface area (Å²) in [5, 5.41) is 26.7. The summed E-state index contributed by atoms with van der Waals surface area (Å²) in [4.78, 5) is 92.5. The fourth-order valence-corrected chi connectivity index (χ4v) is 8.56. The van der Waals surface area contributed by atoms with Gasteiger partial charge < -0.3 is 44.2 Å². The molecule has 0 bridgehead atoms. The fourth-order valence-electron chi connectivity index (χ4n) is 8.56. The summed E-state index contributed by atoms with van der Waals surface area (Å²) in [7, 11) is 0. The van der Waals surface area contributed by atoms with Crippen LogP contribution in [0.1, 0.15) is 53.5 Å². The van der Waals surface area contributed by atoms with Gasteiger partial charge in [-0.1, -0.05) is 140 Å². The SMILES string of the molecule is CC(NCCCCNc1nc(NC(=O)OCc2ccccc2)c2ncn(CC(=O)N(CCNC(=O)OCC3c4ccccc4-c4ccccc43)CC(=O)O)c2n1)(NC(=O)OCc1ccccc1)NC(=O)OCc1ccccc1. The maximum absolute atomic E-state index is 13.9. The Balaban J connectivity index is 0.888. The normalized spacial score (nSPS) is 11.6. The lowest BCUT2D eigenvalue weighted by atomic mass is 9.98. The van der Waals surface area contributed by atoms with E-state index in [1.54, 1.807) is 19.1 Å². The number of carbonyl (C=O) groups is 6. The molecule has 0 spiro atoms. The third-order valence-corrected chi connectivity index (χ3v) is 12.4. The van der Waals surface area contributed by atoms with E-state index in [1.165, 1.54) is 10.9 Å². The summed E-state index contributed by atoms with van der Waals surface area (Å²) in [6.07, 6.45) is -0.847. The molecule has 5 aromatic carbocycles. The van der Waals surface area contributed by atoms with Gasteiger partial charge >= 0.3 is 30.3 Å². The summed E-state index contributed by atoms with van der Waals surface area (Å²) in [5.41, 5.74) is 6.78. The number of aromatic nitrogens is 4. The predicted octanol–water partition coefficient (Wildman–Crippen LogP) is 7.34. The molecule has 404 valence electrons. The molecule has 7 N–H and O–H groups in total. The Kier molecular flexibility index (Phi) is 18.8. The fraction of sp³-hybridized carbons (Fsp3) is 0.268. The van der Waals surface area contributed by atoms with Gasteiger partial charge in [-0.25, -0.2) is 24.2 Å². The van der Waals surface area contributed by atoms with Crippen LogP contribution in [0.4, 0.5) is 30.9 Å². The Morgan fingerprint density at radius 2 is 1.15 bits per heavy atom. The second kappa shape index (κ2) is 26.8. The van der Waals surface area contributed by atoms with E-state index in [0.29, 0.717) is 12.8 Å². The molecule has 2 aromatic heterocycles. The van der Waals surface area contributed by atoms with Crippen LogP contribution in [0.3, 0.4) is 0 Å². The lowest BCUT2D eigenvalue weighted by Crippen LogP contribution is -2.67. The zero-order valence-corrected chi connectivity index (χ0v) is 42.7. The number of nitrogens with zero attached hydrogens (tertiary/aromatic N) is 5. The first kappa shape index (κ1) is 54.7. The minimum absolute atomic E-state index is 0.00165. The highest BCUT2D eigenvalue weighted by molar-refractivity contribution is 5.94. The Labute approximate surface area is 448 Å². The molecule has 2 heterocycles. The number of anilines is 2. The van der Waals surface area contributed by atoms with Gasteiger partial charge in [-0.3, -0.25) is 30.9 Å². The van der Waals surface area contributed by atoms with Crippen LogP contribution in [0.15, 0.2) is 146 Å². The molecule has 0 unspecified atom stereocenters. The van der Waals surface area contributed by atoms with Gasteiger partial charge in [-0.2, -0.15) is 9.97 Å². The van der Waals surface area contributed by atoms with Crippen LogP contribution in [0.25, 0.3) is 22.3 Å². The Bertz CT molecular complexity index is 3080. The molecule has 0 aliphatic heterocycles. The van der Waals surface area contributed by atoms with Crippen LogP contribution in [-0.2, 0) is 54.9 Å². The van der Waals surface area contributed by atoms with Crippen LogP contribution in [0, 0.1) is 0 Å². The standard InChI is InChI=1S/C56H59N11O11/c1-56(64-54(73)76-34-39-19-7-3-8-20-39,65-55(74)77-35-40-21-9-4-10-22-40)60-28-16-15-27-57-51-61-49(62-53(72)75-33-38-17-5-2-6-18-38)48-50(63-51)67(37-59-48)31-46(68)66(32-47(69)70)30-29-58-52(71)78-36-45-43-25-13-11-23-41(43)42-24-12-14-26-44(42)45/h2-14,17-26,37,45,60H,15-16,27-36H2,1H3,(H,58,71)(H,64,73)(H,65,74)(H,69,70)(H2,57,61,62,63,72). The number of rotatable bonds is 25. The molecule has 22 heteroatoms. The number of unbranched alkanes of at least 4 members (excludes halogenated alkanes) is 1. The molecular formula is C56H59N11O11.